The highest BCUT2D eigenvalue weighted by Gasteiger charge is 2.19. The van der Waals surface area contributed by atoms with Crippen molar-refractivity contribution in [3.8, 4) is 5.75 Å². The summed E-state index contributed by atoms with van der Waals surface area (Å²) in [6.07, 6.45) is 3.41. The summed E-state index contributed by atoms with van der Waals surface area (Å²) in [7, 11) is 2.13. The number of hydrogen-bond donors (Lipinski definition) is 1. The van der Waals surface area contributed by atoms with E-state index in [9.17, 15) is 9.90 Å². The first-order valence-corrected chi connectivity index (χ1v) is 8.36. The van der Waals surface area contributed by atoms with Crippen LogP contribution in [0.15, 0.2) is 10.9 Å². The van der Waals surface area contributed by atoms with Crippen LogP contribution in [0.1, 0.15) is 37.6 Å². The van der Waals surface area contributed by atoms with E-state index in [-0.39, 0.29) is 11.2 Å². The van der Waals surface area contributed by atoms with Crippen molar-refractivity contribution in [1.82, 2.24) is 14.4 Å². The second-order valence-corrected chi connectivity index (χ2v) is 6.38. The van der Waals surface area contributed by atoms with Gasteiger partial charge in [0, 0.05) is 51.0 Å². The van der Waals surface area contributed by atoms with Gasteiger partial charge in [0.25, 0.3) is 0 Å². The summed E-state index contributed by atoms with van der Waals surface area (Å²) in [5.41, 5.74) is 1.47. The van der Waals surface area contributed by atoms with E-state index in [0.717, 1.165) is 50.5 Å². The number of likely N-dealkylation sites (N-methyl/N-ethyl adjacent to an activating group) is 1. The summed E-state index contributed by atoms with van der Waals surface area (Å²) in [6, 6.07) is 1.55. The van der Waals surface area contributed by atoms with Crippen LogP contribution in [0.4, 0.5) is 0 Å². The van der Waals surface area contributed by atoms with Crippen molar-refractivity contribution < 1.29 is 5.11 Å². The lowest BCUT2D eigenvalue weighted by atomic mass is 10.2. The quantitative estimate of drug-likeness (QED) is 0.814. The molecule has 0 amide bonds. The molecule has 1 aromatic rings. The van der Waals surface area contributed by atoms with Gasteiger partial charge in [-0.3, -0.25) is 9.69 Å². The molecule has 2 heterocycles. The van der Waals surface area contributed by atoms with Gasteiger partial charge in [-0.15, -0.1) is 0 Å². The first kappa shape index (κ1) is 17.0. The standard InChI is InChI=1S/C17H29N3O2/c1-4-5-6-7-20-14(2)12-16(21)17(22)15(20)13-19-10-8-18(3)9-11-19/h12,22H,4-11,13H2,1-3H3. The number of aryl methyl sites for hydroxylation is 1. The average molecular weight is 307 g/mol. The smallest absolute Gasteiger partial charge is 0.223 e. The third-order valence-corrected chi connectivity index (χ3v) is 4.55. The molecule has 1 aliphatic rings. The van der Waals surface area contributed by atoms with E-state index < -0.39 is 0 Å². The minimum Gasteiger partial charge on any atom is -0.503 e. The van der Waals surface area contributed by atoms with Crippen molar-refractivity contribution in [2.24, 2.45) is 0 Å². The predicted molar refractivity (Wildman–Crippen MR) is 89.4 cm³/mol. The highest BCUT2D eigenvalue weighted by Crippen LogP contribution is 2.18. The Bertz CT molecular complexity index is 546. The maximum absolute atomic E-state index is 11.9. The molecule has 0 atom stereocenters. The molecule has 2 rings (SSSR count). The Kier molecular flexibility index (Phi) is 6.03. The molecule has 0 aromatic carbocycles. The summed E-state index contributed by atoms with van der Waals surface area (Å²) < 4.78 is 2.13. The normalized spacial score (nSPS) is 17.0. The molecule has 1 saturated heterocycles. The Morgan fingerprint density at radius 2 is 1.86 bits per heavy atom. The van der Waals surface area contributed by atoms with Crippen LogP contribution in [0, 0.1) is 6.92 Å². The van der Waals surface area contributed by atoms with Crippen LogP contribution in [0.5, 0.6) is 5.75 Å². The highest BCUT2D eigenvalue weighted by molar-refractivity contribution is 5.29. The zero-order chi connectivity index (χ0) is 16.1. The second kappa shape index (κ2) is 7.79. The molecule has 0 saturated carbocycles. The molecule has 5 heteroatoms. The summed E-state index contributed by atoms with van der Waals surface area (Å²) in [5.74, 6) is -0.0685. The number of nitrogens with zero attached hydrogens (tertiary/aromatic N) is 3. The van der Waals surface area contributed by atoms with Crippen LogP contribution in [-0.4, -0.2) is 52.7 Å². The fourth-order valence-electron chi connectivity index (χ4n) is 3.03. The molecule has 1 fully saturated rings. The van der Waals surface area contributed by atoms with Gasteiger partial charge in [-0.1, -0.05) is 19.8 Å². The van der Waals surface area contributed by atoms with Crippen LogP contribution in [0.25, 0.3) is 0 Å². The summed E-state index contributed by atoms with van der Waals surface area (Å²) in [5, 5.41) is 10.3. The van der Waals surface area contributed by atoms with E-state index in [2.05, 4.69) is 28.3 Å². The molecule has 5 nitrogen and oxygen atoms in total. The van der Waals surface area contributed by atoms with E-state index in [0.29, 0.717) is 6.54 Å². The molecule has 0 unspecified atom stereocenters. The van der Waals surface area contributed by atoms with Gasteiger partial charge in [-0.25, -0.2) is 0 Å². The van der Waals surface area contributed by atoms with Crippen molar-refractivity contribution in [2.75, 3.05) is 33.2 Å². The van der Waals surface area contributed by atoms with E-state index in [1.165, 1.54) is 12.8 Å². The van der Waals surface area contributed by atoms with Crippen LogP contribution in [-0.2, 0) is 13.1 Å². The van der Waals surface area contributed by atoms with E-state index in [1.54, 1.807) is 6.07 Å². The first-order valence-electron chi connectivity index (χ1n) is 8.36. The van der Waals surface area contributed by atoms with Crippen LogP contribution < -0.4 is 5.43 Å². The Balaban J connectivity index is 2.21. The highest BCUT2D eigenvalue weighted by atomic mass is 16.3. The van der Waals surface area contributed by atoms with Crippen LogP contribution in [0.3, 0.4) is 0 Å². The number of aromatic hydroxyl groups is 1. The number of unbranched alkanes of at least 4 members (excludes halogenated alkanes) is 2. The second-order valence-electron chi connectivity index (χ2n) is 6.38. The van der Waals surface area contributed by atoms with Crippen molar-refractivity contribution in [3.05, 3.63) is 27.7 Å². The number of aromatic nitrogens is 1. The molecule has 0 radical (unpaired) electrons. The fourth-order valence-corrected chi connectivity index (χ4v) is 3.03. The van der Waals surface area contributed by atoms with Crippen molar-refractivity contribution >= 4 is 0 Å². The van der Waals surface area contributed by atoms with Gasteiger partial charge in [0.2, 0.25) is 5.43 Å². The van der Waals surface area contributed by atoms with Crippen molar-refractivity contribution in [3.63, 3.8) is 0 Å². The Morgan fingerprint density at radius 3 is 2.50 bits per heavy atom. The van der Waals surface area contributed by atoms with Gasteiger partial charge in [0.1, 0.15) is 0 Å². The lowest BCUT2D eigenvalue weighted by Gasteiger charge is -2.33. The molecule has 0 bridgehead atoms. The minimum atomic E-state index is -0.256. The lowest BCUT2D eigenvalue weighted by Crippen LogP contribution is -2.44. The van der Waals surface area contributed by atoms with Gasteiger partial charge in [0.05, 0.1) is 5.69 Å². The number of hydrogen-bond acceptors (Lipinski definition) is 4. The van der Waals surface area contributed by atoms with E-state index in [4.69, 9.17) is 0 Å². The zero-order valence-electron chi connectivity index (χ0n) is 14.1. The van der Waals surface area contributed by atoms with E-state index >= 15 is 0 Å². The maximum atomic E-state index is 11.9. The lowest BCUT2D eigenvalue weighted by molar-refractivity contribution is 0.143. The Labute approximate surface area is 133 Å². The first-order chi connectivity index (χ1) is 10.5. The number of pyridine rings is 1. The Hall–Kier alpha value is -1.33. The van der Waals surface area contributed by atoms with Crippen molar-refractivity contribution in [2.45, 2.75) is 46.2 Å². The SMILES string of the molecule is CCCCCn1c(C)cc(=O)c(O)c1CN1CCN(C)CC1. The molecule has 22 heavy (non-hydrogen) atoms. The number of rotatable bonds is 6. The van der Waals surface area contributed by atoms with Gasteiger partial charge in [0.15, 0.2) is 5.75 Å². The third-order valence-electron chi connectivity index (χ3n) is 4.55. The average Bonchev–Trinajstić information content (AvgIpc) is 2.49. The van der Waals surface area contributed by atoms with Gasteiger partial charge < -0.3 is 14.6 Å². The molecule has 0 spiro atoms. The van der Waals surface area contributed by atoms with Gasteiger partial charge in [-0.2, -0.15) is 0 Å². The zero-order valence-corrected chi connectivity index (χ0v) is 14.1. The molecule has 1 N–H and O–H groups in total. The third kappa shape index (κ3) is 4.11. The molecular weight excluding hydrogens is 278 g/mol. The van der Waals surface area contributed by atoms with Gasteiger partial charge >= 0.3 is 0 Å². The number of piperazine rings is 1. The minimum absolute atomic E-state index is 0.0685. The van der Waals surface area contributed by atoms with Crippen LogP contribution in [0.2, 0.25) is 0 Å². The maximum Gasteiger partial charge on any atom is 0.223 e. The summed E-state index contributed by atoms with van der Waals surface area (Å²) >= 11 is 0. The largest absolute Gasteiger partial charge is 0.503 e. The van der Waals surface area contributed by atoms with Crippen LogP contribution >= 0.6 is 0 Å². The van der Waals surface area contributed by atoms with E-state index in [1.807, 2.05) is 6.92 Å². The summed E-state index contributed by atoms with van der Waals surface area (Å²) in [6.45, 7) is 9.69. The molecular formula is C17H29N3O2. The van der Waals surface area contributed by atoms with Gasteiger partial charge in [-0.05, 0) is 20.4 Å². The Morgan fingerprint density at radius 1 is 1.18 bits per heavy atom. The topological polar surface area (TPSA) is 48.7 Å². The molecule has 124 valence electrons. The molecule has 1 aromatic heterocycles. The summed E-state index contributed by atoms with van der Waals surface area (Å²) in [4.78, 5) is 16.6. The molecule has 0 aliphatic carbocycles. The predicted octanol–water partition coefficient (Wildman–Crippen LogP) is 1.80. The fraction of sp³-hybridized carbons (Fsp3) is 0.706. The van der Waals surface area contributed by atoms with Crippen molar-refractivity contribution in [1.29, 1.82) is 0 Å². The monoisotopic (exact) mass is 307 g/mol. The molecule has 1 aliphatic heterocycles.